The zero-order chi connectivity index (χ0) is 11.8. The molecule has 86 valence electrons. The summed E-state index contributed by atoms with van der Waals surface area (Å²) in [7, 11) is 0. The SMILES string of the molecule is CC1CNc2ccccc2C(C(C)(C)C)=N1. The summed E-state index contributed by atoms with van der Waals surface area (Å²) in [5.41, 5.74) is 3.76. The van der Waals surface area contributed by atoms with Crippen LogP contribution in [0.25, 0.3) is 0 Å². The molecule has 0 saturated heterocycles. The fraction of sp³-hybridized carbons (Fsp3) is 0.500. The average molecular weight is 216 g/mol. The molecule has 1 unspecified atom stereocenters. The van der Waals surface area contributed by atoms with E-state index in [1.165, 1.54) is 17.0 Å². The van der Waals surface area contributed by atoms with Crippen LogP contribution in [0.15, 0.2) is 29.3 Å². The quantitative estimate of drug-likeness (QED) is 0.706. The van der Waals surface area contributed by atoms with E-state index in [9.17, 15) is 0 Å². The molecule has 1 aliphatic rings. The Bertz CT molecular complexity index is 413. The number of benzene rings is 1. The molecule has 1 N–H and O–H groups in total. The molecular weight excluding hydrogens is 196 g/mol. The van der Waals surface area contributed by atoms with Gasteiger partial charge >= 0.3 is 0 Å². The summed E-state index contributed by atoms with van der Waals surface area (Å²) in [6, 6.07) is 8.78. The lowest BCUT2D eigenvalue weighted by Gasteiger charge is -2.22. The van der Waals surface area contributed by atoms with Gasteiger partial charge in [-0.1, -0.05) is 39.0 Å². The maximum absolute atomic E-state index is 4.84. The number of nitrogens with one attached hydrogen (secondary N) is 1. The third-order valence-corrected chi connectivity index (χ3v) is 2.83. The number of anilines is 1. The number of para-hydroxylation sites is 1. The van der Waals surface area contributed by atoms with Crippen LogP contribution in [0, 0.1) is 5.41 Å². The monoisotopic (exact) mass is 216 g/mol. The van der Waals surface area contributed by atoms with Crippen molar-refractivity contribution in [2.75, 3.05) is 11.9 Å². The summed E-state index contributed by atoms with van der Waals surface area (Å²) in [5, 5.41) is 3.46. The van der Waals surface area contributed by atoms with Gasteiger partial charge in [-0.25, -0.2) is 0 Å². The molecule has 0 fully saturated rings. The van der Waals surface area contributed by atoms with Crippen LogP contribution in [0.3, 0.4) is 0 Å². The van der Waals surface area contributed by atoms with Crippen LogP contribution in [0.4, 0.5) is 5.69 Å². The van der Waals surface area contributed by atoms with E-state index < -0.39 is 0 Å². The van der Waals surface area contributed by atoms with Gasteiger partial charge in [0.05, 0.1) is 6.04 Å². The number of rotatable bonds is 0. The van der Waals surface area contributed by atoms with Gasteiger partial charge in [0.2, 0.25) is 0 Å². The highest BCUT2D eigenvalue weighted by Gasteiger charge is 2.25. The molecule has 0 spiro atoms. The van der Waals surface area contributed by atoms with Gasteiger partial charge < -0.3 is 5.32 Å². The number of fused-ring (bicyclic) bond motifs is 1. The van der Waals surface area contributed by atoms with Crippen molar-refractivity contribution in [1.29, 1.82) is 0 Å². The van der Waals surface area contributed by atoms with Crippen LogP contribution in [0.5, 0.6) is 0 Å². The lowest BCUT2D eigenvalue weighted by Crippen LogP contribution is -2.22. The van der Waals surface area contributed by atoms with E-state index in [1.54, 1.807) is 0 Å². The maximum atomic E-state index is 4.84. The highest BCUT2D eigenvalue weighted by atomic mass is 15.0. The Labute approximate surface area is 97.8 Å². The van der Waals surface area contributed by atoms with Gasteiger partial charge in [-0.15, -0.1) is 0 Å². The second-order valence-corrected chi connectivity index (χ2v) is 5.50. The Kier molecular flexibility index (Phi) is 2.75. The van der Waals surface area contributed by atoms with Crippen molar-refractivity contribution in [2.45, 2.75) is 33.7 Å². The van der Waals surface area contributed by atoms with E-state index in [2.05, 4.69) is 57.3 Å². The Morgan fingerprint density at radius 1 is 1.25 bits per heavy atom. The summed E-state index contributed by atoms with van der Waals surface area (Å²) < 4.78 is 0. The van der Waals surface area contributed by atoms with Crippen LogP contribution in [0.2, 0.25) is 0 Å². The van der Waals surface area contributed by atoms with Crippen molar-refractivity contribution in [3.05, 3.63) is 29.8 Å². The molecule has 0 amide bonds. The lowest BCUT2D eigenvalue weighted by atomic mass is 9.85. The Balaban J connectivity index is 2.55. The first-order valence-corrected chi connectivity index (χ1v) is 5.90. The molecule has 2 heteroatoms. The highest BCUT2D eigenvalue weighted by Crippen LogP contribution is 2.29. The molecule has 0 aromatic heterocycles. The van der Waals surface area contributed by atoms with E-state index in [0.29, 0.717) is 6.04 Å². The molecular formula is C14H20N2. The molecule has 2 rings (SSSR count). The topological polar surface area (TPSA) is 24.4 Å². The van der Waals surface area contributed by atoms with Gasteiger partial charge in [0, 0.05) is 28.9 Å². The van der Waals surface area contributed by atoms with Crippen molar-refractivity contribution < 1.29 is 0 Å². The Hall–Kier alpha value is -1.31. The van der Waals surface area contributed by atoms with Crippen molar-refractivity contribution in [2.24, 2.45) is 10.4 Å². The summed E-state index contributed by atoms with van der Waals surface area (Å²) in [5.74, 6) is 0. The van der Waals surface area contributed by atoms with Crippen molar-refractivity contribution in [1.82, 2.24) is 0 Å². The third-order valence-electron chi connectivity index (χ3n) is 2.83. The van der Waals surface area contributed by atoms with Crippen molar-refractivity contribution in [3.8, 4) is 0 Å². The number of nitrogens with zero attached hydrogens (tertiary/aromatic N) is 1. The molecule has 2 nitrogen and oxygen atoms in total. The first-order chi connectivity index (χ1) is 7.48. The standard InChI is InChI=1S/C14H20N2/c1-10-9-15-12-8-6-5-7-11(12)13(16-10)14(2,3)4/h5-8,10,15H,9H2,1-4H3. The maximum Gasteiger partial charge on any atom is 0.0647 e. The van der Waals surface area contributed by atoms with E-state index in [0.717, 1.165) is 6.54 Å². The molecule has 0 saturated carbocycles. The van der Waals surface area contributed by atoms with Crippen LogP contribution in [-0.2, 0) is 0 Å². The molecule has 1 aromatic rings. The van der Waals surface area contributed by atoms with Crippen LogP contribution in [-0.4, -0.2) is 18.3 Å². The minimum Gasteiger partial charge on any atom is -0.382 e. The highest BCUT2D eigenvalue weighted by molar-refractivity contribution is 6.08. The summed E-state index contributed by atoms with van der Waals surface area (Å²) in [4.78, 5) is 4.84. The molecule has 0 bridgehead atoms. The summed E-state index contributed by atoms with van der Waals surface area (Å²) >= 11 is 0. The second-order valence-electron chi connectivity index (χ2n) is 5.50. The fourth-order valence-electron chi connectivity index (χ4n) is 2.03. The van der Waals surface area contributed by atoms with Crippen LogP contribution < -0.4 is 5.32 Å². The van der Waals surface area contributed by atoms with Gasteiger partial charge in [-0.2, -0.15) is 0 Å². The predicted octanol–water partition coefficient (Wildman–Crippen LogP) is 3.34. The molecule has 1 atom stereocenters. The van der Waals surface area contributed by atoms with Gasteiger partial charge in [0.25, 0.3) is 0 Å². The molecule has 0 aliphatic carbocycles. The number of benzodiazepines with no additional fused rings is 1. The summed E-state index contributed by atoms with van der Waals surface area (Å²) in [6.45, 7) is 9.74. The summed E-state index contributed by atoms with van der Waals surface area (Å²) in [6.07, 6.45) is 0. The first kappa shape index (κ1) is 11.2. The first-order valence-electron chi connectivity index (χ1n) is 5.90. The average Bonchev–Trinajstić information content (AvgIpc) is 2.38. The van der Waals surface area contributed by atoms with E-state index in [1.807, 2.05) is 0 Å². The van der Waals surface area contributed by atoms with E-state index >= 15 is 0 Å². The van der Waals surface area contributed by atoms with Gasteiger partial charge in [0.15, 0.2) is 0 Å². The number of hydrogen-bond acceptors (Lipinski definition) is 2. The Morgan fingerprint density at radius 3 is 2.62 bits per heavy atom. The zero-order valence-electron chi connectivity index (χ0n) is 10.5. The molecule has 1 heterocycles. The molecule has 16 heavy (non-hydrogen) atoms. The lowest BCUT2D eigenvalue weighted by molar-refractivity contribution is 0.584. The van der Waals surface area contributed by atoms with E-state index in [4.69, 9.17) is 4.99 Å². The van der Waals surface area contributed by atoms with Crippen LogP contribution in [0.1, 0.15) is 33.3 Å². The number of hydrogen-bond donors (Lipinski definition) is 1. The van der Waals surface area contributed by atoms with Crippen molar-refractivity contribution >= 4 is 11.4 Å². The normalized spacial score (nSPS) is 20.5. The Morgan fingerprint density at radius 2 is 1.94 bits per heavy atom. The molecule has 0 radical (unpaired) electrons. The van der Waals surface area contributed by atoms with Crippen LogP contribution >= 0.6 is 0 Å². The fourth-order valence-corrected chi connectivity index (χ4v) is 2.03. The van der Waals surface area contributed by atoms with Gasteiger partial charge in [-0.05, 0) is 13.0 Å². The minimum absolute atomic E-state index is 0.0936. The zero-order valence-corrected chi connectivity index (χ0v) is 10.5. The number of aliphatic imine (C=N–C) groups is 1. The van der Waals surface area contributed by atoms with Crippen molar-refractivity contribution in [3.63, 3.8) is 0 Å². The molecule has 1 aliphatic heterocycles. The smallest absolute Gasteiger partial charge is 0.0647 e. The van der Waals surface area contributed by atoms with Gasteiger partial charge in [-0.3, -0.25) is 4.99 Å². The predicted molar refractivity (Wildman–Crippen MR) is 70.4 cm³/mol. The largest absolute Gasteiger partial charge is 0.382 e. The minimum atomic E-state index is 0.0936. The second kappa shape index (κ2) is 3.93. The van der Waals surface area contributed by atoms with Gasteiger partial charge in [0.1, 0.15) is 0 Å². The van der Waals surface area contributed by atoms with E-state index in [-0.39, 0.29) is 5.41 Å². The molecule has 1 aromatic carbocycles. The third kappa shape index (κ3) is 2.11.